The van der Waals surface area contributed by atoms with E-state index in [-0.39, 0.29) is 5.91 Å². The van der Waals surface area contributed by atoms with E-state index >= 15 is 0 Å². The zero-order chi connectivity index (χ0) is 14.1. The van der Waals surface area contributed by atoms with Crippen LogP contribution >= 0.6 is 11.6 Å². The summed E-state index contributed by atoms with van der Waals surface area (Å²) in [6, 6.07) is 11.3. The molecule has 0 spiro atoms. The lowest BCUT2D eigenvalue weighted by Gasteiger charge is -2.08. The predicted octanol–water partition coefficient (Wildman–Crippen LogP) is 3.87. The molecule has 102 valence electrons. The molecular weight excluding hydrogens is 272 g/mol. The minimum atomic E-state index is -0.124. The van der Waals surface area contributed by atoms with Crippen molar-refractivity contribution in [1.29, 1.82) is 0 Å². The number of anilines is 2. The summed E-state index contributed by atoms with van der Waals surface area (Å²) < 4.78 is 0. The van der Waals surface area contributed by atoms with Crippen molar-refractivity contribution >= 4 is 28.9 Å². The van der Waals surface area contributed by atoms with Gasteiger partial charge >= 0.3 is 0 Å². The second-order valence-corrected chi connectivity index (χ2v) is 5.37. The molecule has 0 saturated carbocycles. The highest BCUT2D eigenvalue weighted by atomic mass is 35.5. The van der Waals surface area contributed by atoms with Gasteiger partial charge < -0.3 is 10.6 Å². The predicted molar refractivity (Wildman–Crippen MR) is 82.8 cm³/mol. The smallest absolute Gasteiger partial charge is 0.255 e. The minimum Gasteiger partial charge on any atom is -0.384 e. The van der Waals surface area contributed by atoms with Crippen molar-refractivity contribution in [2.75, 3.05) is 17.2 Å². The molecule has 0 bridgehead atoms. The van der Waals surface area contributed by atoms with Gasteiger partial charge in [-0.2, -0.15) is 0 Å². The molecule has 0 fully saturated rings. The number of aryl methyl sites for hydroxylation is 1. The van der Waals surface area contributed by atoms with Gasteiger partial charge in [0.2, 0.25) is 0 Å². The van der Waals surface area contributed by atoms with Gasteiger partial charge in [-0.05, 0) is 48.7 Å². The van der Waals surface area contributed by atoms with E-state index in [0.717, 1.165) is 24.2 Å². The van der Waals surface area contributed by atoms with E-state index in [1.807, 2.05) is 37.3 Å². The Morgan fingerprint density at radius 1 is 1.25 bits per heavy atom. The standard InChI is InChI=1S/C16H15ClN2O/c1-10-2-5-13(9-14(10)17)19-16(20)12-4-3-11-6-7-18-15(11)8-12/h2-5,8-9,18H,6-7H2,1H3,(H,19,20). The van der Waals surface area contributed by atoms with Gasteiger partial charge in [0.15, 0.2) is 0 Å². The van der Waals surface area contributed by atoms with Crippen LogP contribution in [-0.4, -0.2) is 12.5 Å². The minimum absolute atomic E-state index is 0.124. The highest BCUT2D eigenvalue weighted by Crippen LogP contribution is 2.24. The SMILES string of the molecule is Cc1ccc(NC(=O)c2ccc3c(c2)NCC3)cc1Cl. The molecule has 0 radical (unpaired) electrons. The second-order valence-electron chi connectivity index (χ2n) is 4.97. The Morgan fingerprint density at radius 3 is 2.90 bits per heavy atom. The van der Waals surface area contributed by atoms with Crippen LogP contribution in [0.2, 0.25) is 5.02 Å². The van der Waals surface area contributed by atoms with Crippen molar-refractivity contribution in [2.24, 2.45) is 0 Å². The lowest BCUT2D eigenvalue weighted by Crippen LogP contribution is -2.12. The van der Waals surface area contributed by atoms with Crippen molar-refractivity contribution in [2.45, 2.75) is 13.3 Å². The highest BCUT2D eigenvalue weighted by molar-refractivity contribution is 6.31. The zero-order valence-corrected chi connectivity index (χ0v) is 11.9. The van der Waals surface area contributed by atoms with Crippen molar-refractivity contribution in [3.63, 3.8) is 0 Å². The molecule has 0 atom stereocenters. The molecule has 20 heavy (non-hydrogen) atoms. The maximum atomic E-state index is 12.2. The van der Waals surface area contributed by atoms with E-state index in [4.69, 9.17) is 11.6 Å². The van der Waals surface area contributed by atoms with Gasteiger partial charge in [0.05, 0.1) is 0 Å². The molecule has 3 nitrogen and oxygen atoms in total. The van der Waals surface area contributed by atoms with Crippen LogP contribution in [0.3, 0.4) is 0 Å². The van der Waals surface area contributed by atoms with Crippen LogP contribution in [-0.2, 0) is 6.42 Å². The molecule has 2 aromatic carbocycles. The molecule has 1 aliphatic heterocycles. The molecule has 0 saturated heterocycles. The number of amides is 1. The molecule has 0 aromatic heterocycles. The summed E-state index contributed by atoms with van der Waals surface area (Å²) in [6.45, 7) is 2.87. The summed E-state index contributed by atoms with van der Waals surface area (Å²) in [6.07, 6.45) is 1.02. The first kappa shape index (κ1) is 13.0. The molecule has 1 amide bonds. The van der Waals surface area contributed by atoms with E-state index in [9.17, 15) is 4.79 Å². The number of fused-ring (bicyclic) bond motifs is 1. The first-order valence-corrected chi connectivity index (χ1v) is 6.95. The summed E-state index contributed by atoms with van der Waals surface area (Å²) >= 11 is 6.06. The third-order valence-electron chi connectivity index (χ3n) is 3.51. The number of benzene rings is 2. The normalized spacial score (nSPS) is 12.7. The van der Waals surface area contributed by atoms with Gasteiger partial charge in [-0.3, -0.25) is 4.79 Å². The molecule has 3 rings (SSSR count). The Bertz CT molecular complexity index is 682. The van der Waals surface area contributed by atoms with Crippen molar-refractivity contribution in [1.82, 2.24) is 0 Å². The monoisotopic (exact) mass is 286 g/mol. The third-order valence-corrected chi connectivity index (χ3v) is 3.92. The van der Waals surface area contributed by atoms with Crippen molar-refractivity contribution < 1.29 is 4.79 Å². The van der Waals surface area contributed by atoms with Crippen LogP contribution in [0, 0.1) is 6.92 Å². The maximum absolute atomic E-state index is 12.2. The number of rotatable bonds is 2. The molecule has 2 aromatic rings. The number of hydrogen-bond donors (Lipinski definition) is 2. The second kappa shape index (κ2) is 5.17. The summed E-state index contributed by atoms with van der Waals surface area (Å²) in [5.74, 6) is -0.124. The van der Waals surface area contributed by atoms with Gasteiger partial charge in [0.1, 0.15) is 0 Å². The van der Waals surface area contributed by atoms with E-state index in [0.29, 0.717) is 16.3 Å². The molecule has 1 aliphatic rings. The van der Waals surface area contributed by atoms with Gasteiger partial charge in [0, 0.05) is 28.5 Å². The number of hydrogen-bond acceptors (Lipinski definition) is 2. The first-order chi connectivity index (χ1) is 9.63. The number of carbonyl (C=O) groups is 1. The van der Waals surface area contributed by atoms with Crippen molar-refractivity contribution in [3.05, 3.63) is 58.1 Å². The Balaban J connectivity index is 1.80. The quantitative estimate of drug-likeness (QED) is 0.880. The third kappa shape index (κ3) is 2.49. The number of nitrogens with one attached hydrogen (secondary N) is 2. The van der Waals surface area contributed by atoms with Gasteiger partial charge in [-0.15, -0.1) is 0 Å². The van der Waals surface area contributed by atoms with Gasteiger partial charge in [0.25, 0.3) is 5.91 Å². The maximum Gasteiger partial charge on any atom is 0.255 e. The molecule has 2 N–H and O–H groups in total. The fourth-order valence-corrected chi connectivity index (χ4v) is 2.49. The summed E-state index contributed by atoms with van der Waals surface area (Å²) in [4.78, 5) is 12.2. The molecular formula is C16H15ClN2O. The molecule has 4 heteroatoms. The number of halogens is 1. The van der Waals surface area contributed by atoms with Crippen LogP contribution in [0.4, 0.5) is 11.4 Å². The Labute approximate surface area is 123 Å². The fourth-order valence-electron chi connectivity index (χ4n) is 2.31. The average Bonchev–Trinajstić information content (AvgIpc) is 2.90. The lowest BCUT2D eigenvalue weighted by atomic mass is 10.1. The summed E-state index contributed by atoms with van der Waals surface area (Å²) in [5.41, 5.74) is 4.67. The summed E-state index contributed by atoms with van der Waals surface area (Å²) in [5, 5.41) is 6.79. The van der Waals surface area contributed by atoms with E-state index in [1.165, 1.54) is 5.56 Å². The van der Waals surface area contributed by atoms with E-state index in [2.05, 4.69) is 10.6 Å². The van der Waals surface area contributed by atoms with Gasteiger partial charge in [-0.1, -0.05) is 23.7 Å². The topological polar surface area (TPSA) is 41.1 Å². The Morgan fingerprint density at radius 2 is 2.10 bits per heavy atom. The van der Waals surface area contributed by atoms with Crippen LogP contribution in [0.25, 0.3) is 0 Å². The fraction of sp³-hybridized carbons (Fsp3) is 0.188. The average molecular weight is 287 g/mol. The largest absolute Gasteiger partial charge is 0.384 e. The Kier molecular flexibility index (Phi) is 3.36. The molecule has 0 unspecified atom stereocenters. The Hall–Kier alpha value is -2.00. The van der Waals surface area contributed by atoms with E-state index in [1.54, 1.807) is 6.07 Å². The van der Waals surface area contributed by atoms with Crippen molar-refractivity contribution in [3.8, 4) is 0 Å². The van der Waals surface area contributed by atoms with Crippen LogP contribution in [0.1, 0.15) is 21.5 Å². The van der Waals surface area contributed by atoms with Crippen LogP contribution in [0.5, 0.6) is 0 Å². The van der Waals surface area contributed by atoms with Gasteiger partial charge in [-0.25, -0.2) is 0 Å². The van der Waals surface area contributed by atoms with Crippen LogP contribution < -0.4 is 10.6 Å². The van der Waals surface area contributed by atoms with E-state index < -0.39 is 0 Å². The highest BCUT2D eigenvalue weighted by Gasteiger charge is 2.13. The first-order valence-electron chi connectivity index (χ1n) is 6.58. The molecule has 0 aliphatic carbocycles. The van der Waals surface area contributed by atoms with Crippen LogP contribution in [0.15, 0.2) is 36.4 Å². The zero-order valence-electron chi connectivity index (χ0n) is 11.2. The lowest BCUT2D eigenvalue weighted by molar-refractivity contribution is 0.102. The molecule has 1 heterocycles. The number of carbonyl (C=O) groups excluding carboxylic acids is 1. The summed E-state index contributed by atoms with van der Waals surface area (Å²) in [7, 11) is 0.